The maximum Gasteiger partial charge on any atom is 0.375 e. The summed E-state index contributed by atoms with van der Waals surface area (Å²) in [7, 11) is 0. The van der Waals surface area contributed by atoms with E-state index in [1.807, 2.05) is 11.3 Å². The molecular weight excluding hydrogens is 964 g/mol. The van der Waals surface area contributed by atoms with E-state index in [1.54, 1.807) is 0 Å². The Kier molecular flexibility index (Phi) is 10.4. The number of furan rings is 1. The Morgan fingerprint density at radius 1 is 0.474 bits per heavy atom. The van der Waals surface area contributed by atoms with Crippen LogP contribution in [0.2, 0.25) is 0 Å². The number of anilines is 5. The van der Waals surface area contributed by atoms with E-state index in [-0.39, 0.29) is 44.8 Å². The molecule has 4 heterocycles. The summed E-state index contributed by atoms with van der Waals surface area (Å²) in [6.07, 6.45) is 7.01. The largest absolute Gasteiger partial charge is 0.466 e. The average Bonchev–Trinajstić information content (AvgIpc) is 3.11. The van der Waals surface area contributed by atoms with Gasteiger partial charge in [-0.2, -0.15) is 0 Å². The molecule has 0 bridgehead atoms. The maximum atomic E-state index is 7.89. The van der Waals surface area contributed by atoms with Crippen LogP contribution in [0.4, 0.5) is 28.4 Å². The van der Waals surface area contributed by atoms with Crippen molar-refractivity contribution in [3.8, 4) is 22.3 Å². The Morgan fingerprint density at radius 2 is 1.03 bits per heavy atom. The number of hydrogen-bond acceptors (Lipinski definition) is 4. The summed E-state index contributed by atoms with van der Waals surface area (Å²) in [5.41, 5.74) is 26.1. The van der Waals surface area contributed by atoms with Crippen molar-refractivity contribution in [1.29, 1.82) is 0 Å². The third kappa shape index (κ3) is 7.20. The van der Waals surface area contributed by atoms with Gasteiger partial charge in [-0.3, -0.25) is 0 Å². The van der Waals surface area contributed by atoms with Crippen LogP contribution in [0, 0.1) is 6.92 Å². The number of rotatable bonds is 3. The van der Waals surface area contributed by atoms with Crippen molar-refractivity contribution in [2.75, 3.05) is 9.71 Å². The Balaban J connectivity index is 1.13. The Morgan fingerprint density at radius 3 is 1.65 bits per heavy atom. The highest BCUT2D eigenvalue weighted by Crippen LogP contribution is 2.57. The first-order chi connectivity index (χ1) is 36.6. The summed E-state index contributed by atoms with van der Waals surface area (Å²) in [5, 5.41) is 3.92. The second-order valence-electron chi connectivity index (χ2n) is 29.8. The van der Waals surface area contributed by atoms with Crippen molar-refractivity contribution < 1.29 is 4.42 Å². The minimum Gasteiger partial charge on any atom is -0.466 e. The van der Waals surface area contributed by atoms with Crippen LogP contribution in [0.5, 0.6) is 0 Å². The van der Waals surface area contributed by atoms with Gasteiger partial charge in [0, 0.05) is 53.7 Å². The van der Waals surface area contributed by atoms with Crippen molar-refractivity contribution in [1.82, 2.24) is 0 Å². The van der Waals surface area contributed by atoms with E-state index >= 15 is 0 Å². The van der Waals surface area contributed by atoms with E-state index in [0.717, 1.165) is 36.2 Å². The molecule has 0 fully saturated rings. The molecule has 0 saturated carbocycles. The van der Waals surface area contributed by atoms with Crippen LogP contribution in [-0.4, -0.2) is 6.85 Å². The Labute approximate surface area is 469 Å². The molecular formula is C73H79BN2OS. The van der Waals surface area contributed by atoms with Gasteiger partial charge >= 0.3 is 6.85 Å². The molecule has 0 spiro atoms. The number of fused-ring (bicyclic) bond motifs is 12. The fourth-order valence-corrected chi connectivity index (χ4v) is 16.4. The fraction of sp³-hybridized carbons (Fsp3) is 0.397. The number of hydrogen-bond donors (Lipinski definition) is 0. The van der Waals surface area contributed by atoms with E-state index in [0.29, 0.717) is 0 Å². The van der Waals surface area contributed by atoms with Gasteiger partial charge in [-0.15, -0.1) is 11.3 Å². The summed E-state index contributed by atoms with van der Waals surface area (Å²) >= 11 is 1.98. The van der Waals surface area contributed by atoms with Gasteiger partial charge < -0.3 is 14.1 Å². The van der Waals surface area contributed by atoms with Crippen molar-refractivity contribution in [2.24, 2.45) is 0 Å². The molecule has 3 aliphatic carbocycles. The maximum absolute atomic E-state index is 7.89. The molecule has 2 aliphatic heterocycles. The lowest BCUT2D eigenvalue weighted by Gasteiger charge is -2.46. The van der Waals surface area contributed by atoms with Gasteiger partial charge in [0.25, 0.3) is 0 Å². The summed E-state index contributed by atoms with van der Waals surface area (Å²) in [6, 6.07) is 46.4. The second kappa shape index (κ2) is 16.1. The van der Waals surface area contributed by atoms with Gasteiger partial charge in [0.1, 0.15) is 11.2 Å². The minimum absolute atomic E-state index is 0.00628. The van der Waals surface area contributed by atoms with Crippen molar-refractivity contribution in [3.05, 3.63) is 160 Å². The Bertz CT molecular complexity index is 4050. The quantitative estimate of drug-likeness (QED) is 0.164. The molecule has 0 N–H and O–H groups in total. The molecule has 78 heavy (non-hydrogen) atoms. The first-order valence-corrected chi connectivity index (χ1v) is 30.2. The summed E-state index contributed by atoms with van der Waals surface area (Å²) in [6.45, 7) is 38.6. The molecule has 14 rings (SSSR count). The third-order valence-electron chi connectivity index (χ3n) is 20.6. The van der Waals surface area contributed by atoms with Crippen molar-refractivity contribution >= 4 is 88.9 Å². The van der Waals surface area contributed by atoms with E-state index < -0.39 is 0 Å². The molecule has 7 aromatic carbocycles. The van der Waals surface area contributed by atoms with Gasteiger partial charge in [-0.25, -0.2) is 0 Å². The molecule has 9 aromatic rings. The highest BCUT2D eigenvalue weighted by molar-refractivity contribution is 7.25. The lowest BCUT2D eigenvalue weighted by atomic mass is 9.45. The molecule has 3 nitrogen and oxygen atoms in total. The van der Waals surface area contributed by atoms with Gasteiger partial charge in [-0.1, -0.05) is 152 Å². The highest BCUT2D eigenvalue weighted by atomic mass is 32.1. The molecule has 2 aromatic heterocycles. The first kappa shape index (κ1) is 50.2. The lowest BCUT2D eigenvalue weighted by Crippen LogP contribution is -2.61. The zero-order chi connectivity index (χ0) is 54.8. The molecule has 5 heteroatoms. The molecule has 0 amide bonds. The fourth-order valence-electron chi connectivity index (χ4n) is 15.3. The number of aryl methyl sites for hydroxylation is 1. The number of thiophene rings is 1. The van der Waals surface area contributed by atoms with Crippen LogP contribution in [0.1, 0.15) is 187 Å². The monoisotopic (exact) mass is 1040 g/mol. The lowest BCUT2D eigenvalue weighted by molar-refractivity contribution is 0.332. The molecule has 0 atom stereocenters. The minimum atomic E-state index is -0.263. The van der Waals surface area contributed by atoms with E-state index in [4.69, 9.17) is 4.42 Å². The van der Waals surface area contributed by atoms with Crippen molar-refractivity contribution in [2.45, 2.75) is 187 Å². The zero-order valence-electron chi connectivity index (χ0n) is 49.5. The Hall–Kier alpha value is -6.04. The second-order valence-corrected chi connectivity index (χ2v) is 30.9. The van der Waals surface area contributed by atoms with Gasteiger partial charge in [0.15, 0.2) is 0 Å². The molecule has 396 valence electrons. The summed E-state index contributed by atoms with van der Waals surface area (Å²) in [5.74, 6) is 0. The van der Waals surface area contributed by atoms with Gasteiger partial charge in [-0.05, 0) is 211 Å². The van der Waals surface area contributed by atoms with Crippen LogP contribution in [-0.2, 0) is 37.9 Å². The molecule has 0 saturated heterocycles. The van der Waals surface area contributed by atoms with Crippen molar-refractivity contribution in [3.63, 3.8) is 0 Å². The molecule has 0 radical (unpaired) electrons. The topological polar surface area (TPSA) is 19.6 Å². The smallest absolute Gasteiger partial charge is 0.375 e. The normalized spacial score (nSPS) is 19.8. The predicted molar refractivity (Wildman–Crippen MR) is 338 cm³/mol. The zero-order valence-corrected chi connectivity index (χ0v) is 50.3. The van der Waals surface area contributed by atoms with Crippen LogP contribution < -0.4 is 20.8 Å². The van der Waals surface area contributed by atoms with Crippen LogP contribution in [0.15, 0.2) is 120 Å². The van der Waals surface area contributed by atoms with Crippen LogP contribution >= 0.6 is 11.3 Å². The average molecular weight is 1040 g/mol. The number of nitrogens with zero attached hydrogens (tertiary/aromatic N) is 2. The number of benzene rings is 7. The van der Waals surface area contributed by atoms with Gasteiger partial charge in [0.05, 0.1) is 11.4 Å². The van der Waals surface area contributed by atoms with E-state index in [1.165, 1.54) is 140 Å². The van der Waals surface area contributed by atoms with Crippen LogP contribution in [0.25, 0.3) is 53.4 Å². The highest BCUT2D eigenvalue weighted by Gasteiger charge is 2.51. The predicted octanol–water partition coefficient (Wildman–Crippen LogP) is 19.8. The van der Waals surface area contributed by atoms with Gasteiger partial charge in [0.2, 0.25) is 0 Å². The summed E-state index contributed by atoms with van der Waals surface area (Å²) < 4.78 is 10.6. The van der Waals surface area contributed by atoms with E-state index in [9.17, 15) is 0 Å². The summed E-state index contributed by atoms with van der Waals surface area (Å²) in [4.78, 5) is 5.40. The first-order valence-electron chi connectivity index (χ1n) is 29.4. The SMILES string of the molecule is Cc1cc2c3c(c1)N(c1ccc(C(C)(C)C)cc1-c1ccccc1)c1c(oc4cc5c(cc14)C(C)(C)CCC5(C)C)B3N(c1ccc3c(c1)C(C)(C)CCC3(C)C)c1cc3c(cc1-2)sc1cc2c(cc13)C(C)(C)CCC2(C)C. The standard InChI is InChI=1S/C73H79BN2OS/c1-42-32-50-47-39-62-49(48-36-54-57(41-63(48)78-62)73(15,16)31-29-70(54,9)10)38-59(47)76(45-23-24-52-53(35-45)69(7,8)27-26-68(52,5)6)74-64(50)60(33-42)75(58-25-22-44(67(2,3)4)34-46(58)43-20-18-17-19-21-43)65-51-37-55-56(40-61(51)77-66(65)74)72(13,14)30-28-71(55,11)12/h17-25,32-41H,26-31H2,1-16H3. The molecule has 0 unspecified atom stereocenters. The van der Waals surface area contributed by atoms with Crippen LogP contribution in [0.3, 0.4) is 0 Å². The van der Waals surface area contributed by atoms with E-state index in [2.05, 4.69) is 236 Å². The third-order valence-corrected chi connectivity index (χ3v) is 21.7. The molecule has 5 aliphatic rings.